The SMILES string of the molecule is CN1c2ncccc2CN(C2CCOCC2)CC[C@H]1CO. The van der Waals surface area contributed by atoms with Gasteiger partial charge in [-0.25, -0.2) is 4.98 Å². The molecule has 0 bridgehead atoms. The first-order valence-electron chi connectivity index (χ1n) is 7.89. The van der Waals surface area contributed by atoms with Gasteiger partial charge in [-0.1, -0.05) is 6.07 Å². The molecule has 1 N–H and O–H groups in total. The number of anilines is 1. The molecule has 0 unspecified atom stereocenters. The van der Waals surface area contributed by atoms with Crippen molar-refractivity contribution in [2.75, 3.05) is 38.3 Å². The van der Waals surface area contributed by atoms with Gasteiger partial charge in [0.05, 0.1) is 12.6 Å². The molecule has 2 aliphatic rings. The second-order valence-electron chi connectivity index (χ2n) is 6.04. The Hall–Kier alpha value is -1.17. The summed E-state index contributed by atoms with van der Waals surface area (Å²) in [7, 11) is 2.04. The van der Waals surface area contributed by atoms with Crippen molar-refractivity contribution in [1.29, 1.82) is 0 Å². The summed E-state index contributed by atoms with van der Waals surface area (Å²) in [4.78, 5) is 9.23. The van der Waals surface area contributed by atoms with Crippen LogP contribution in [0.1, 0.15) is 24.8 Å². The van der Waals surface area contributed by atoms with E-state index >= 15 is 0 Å². The minimum atomic E-state index is 0.140. The molecule has 1 fully saturated rings. The van der Waals surface area contributed by atoms with Crippen molar-refractivity contribution in [2.24, 2.45) is 0 Å². The molecule has 0 amide bonds. The summed E-state index contributed by atoms with van der Waals surface area (Å²) in [5.74, 6) is 1.01. The summed E-state index contributed by atoms with van der Waals surface area (Å²) in [5.41, 5.74) is 1.25. The molecule has 1 aromatic rings. The molecular formula is C16H25N3O2. The Morgan fingerprint density at radius 3 is 2.90 bits per heavy atom. The number of hydrogen-bond acceptors (Lipinski definition) is 5. The van der Waals surface area contributed by atoms with Crippen molar-refractivity contribution < 1.29 is 9.84 Å². The fraction of sp³-hybridized carbons (Fsp3) is 0.688. The van der Waals surface area contributed by atoms with E-state index in [-0.39, 0.29) is 12.6 Å². The third-order valence-electron chi connectivity index (χ3n) is 4.79. The highest BCUT2D eigenvalue weighted by Gasteiger charge is 2.28. The molecule has 3 rings (SSSR count). The van der Waals surface area contributed by atoms with Crippen LogP contribution in [0, 0.1) is 0 Å². The lowest BCUT2D eigenvalue weighted by Crippen LogP contribution is -2.46. The number of ether oxygens (including phenoxy) is 1. The van der Waals surface area contributed by atoms with E-state index in [1.54, 1.807) is 0 Å². The largest absolute Gasteiger partial charge is 0.394 e. The van der Waals surface area contributed by atoms with Crippen molar-refractivity contribution >= 4 is 5.82 Å². The Labute approximate surface area is 126 Å². The monoisotopic (exact) mass is 291 g/mol. The maximum atomic E-state index is 9.69. The van der Waals surface area contributed by atoms with Crippen LogP contribution in [0.4, 0.5) is 5.82 Å². The molecule has 5 nitrogen and oxygen atoms in total. The molecule has 2 aliphatic heterocycles. The predicted molar refractivity (Wildman–Crippen MR) is 82.4 cm³/mol. The average Bonchev–Trinajstić information content (AvgIpc) is 2.53. The van der Waals surface area contributed by atoms with E-state index in [1.807, 2.05) is 19.3 Å². The van der Waals surface area contributed by atoms with Gasteiger partial charge in [0, 0.05) is 51.2 Å². The quantitative estimate of drug-likeness (QED) is 0.889. The van der Waals surface area contributed by atoms with Crippen LogP contribution in [0.25, 0.3) is 0 Å². The highest BCUT2D eigenvalue weighted by molar-refractivity contribution is 5.47. The van der Waals surface area contributed by atoms with E-state index in [1.165, 1.54) is 5.56 Å². The molecule has 21 heavy (non-hydrogen) atoms. The maximum Gasteiger partial charge on any atom is 0.133 e. The minimum absolute atomic E-state index is 0.140. The summed E-state index contributed by atoms with van der Waals surface area (Å²) in [6.07, 6.45) is 5.02. The highest BCUT2D eigenvalue weighted by Crippen LogP contribution is 2.27. The molecule has 3 heterocycles. The smallest absolute Gasteiger partial charge is 0.133 e. The number of aromatic nitrogens is 1. The molecule has 1 atom stereocenters. The van der Waals surface area contributed by atoms with E-state index in [2.05, 4.69) is 20.9 Å². The number of rotatable bonds is 2. The molecule has 5 heteroatoms. The van der Waals surface area contributed by atoms with E-state index in [4.69, 9.17) is 4.74 Å². The molecule has 116 valence electrons. The van der Waals surface area contributed by atoms with Gasteiger partial charge in [0.15, 0.2) is 0 Å². The lowest BCUT2D eigenvalue weighted by atomic mass is 10.0. The number of aliphatic hydroxyl groups is 1. The summed E-state index contributed by atoms with van der Waals surface area (Å²) >= 11 is 0. The second-order valence-corrected chi connectivity index (χ2v) is 6.04. The number of aliphatic hydroxyl groups excluding tert-OH is 1. The van der Waals surface area contributed by atoms with Crippen molar-refractivity contribution in [1.82, 2.24) is 9.88 Å². The van der Waals surface area contributed by atoms with Crippen LogP contribution in [0.5, 0.6) is 0 Å². The van der Waals surface area contributed by atoms with Crippen LogP contribution in [0.3, 0.4) is 0 Å². The standard InChI is InChI=1S/C16H25N3O2/c1-18-15(12-20)4-8-19(14-5-9-21-10-6-14)11-13-3-2-7-17-16(13)18/h2-3,7,14-15,20H,4-6,8-12H2,1H3/t15-/m0/s1. The third-order valence-corrected chi connectivity index (χ3v) is 4.79. The maximum absolute atomic E-state index is 9.69. The average molecular weight is 291 g/mol. The van der Waals surface area contributed by atoms with Gasteiger partial charge in [-0.05, 0) is 25.3 Å². The van der Waals surface area contributed by atoms with Crippen LogP contribution in [-0.4, -0.2) is 60.5 Å². The number of pyridine rings is 1. The molecule has 1 saturated heterocycles. The molecule has 0 radical (unpaired) electrons. The predicted octanol–water partition coefficient (Wildman–Crippen LogP) is 1.26. The van der Waals surface area contributed by atoms with Gasteiger partial charge in [0.25, 0.3) is 0 Å². The topological polar surface area (TPSA) is 48.8 Å². The zero-order valence-corrected chi connectivity index (χ0v) is 12.7. The Morgan fingerprint density at radius 1 is 1.33 bits per heavy atom. The number of likely N-dealkylation sites (N-methyl/N-ethyl adjacent to an activating group) is 1. The van der Waals surface area contributed by atoms with Crippen molar-refractivity contribution in [3.63, 3.8) is 0 Å². The van der Waals surface area contributed by atoms with E-state index in [0.717, 1.165) is 51.4 Å². The molecular weight excluding hydrogens is 266 g/mol. The van der Waals surface area contributed by atoms with Crippen molar-refractivity contribution in [2.45, 2.75) is 37.9 Å². The zero-order chi connectivity index (χ0) is 14.7. The number of hydrogen-bond donors (Lipinski definition) is 1. The van der Waals surface area contributed by atoms with E-state index in [9.17, 15) is 5.11 Å². The fourth-order valence-electron chi connectivity index (χ4n) is 3.43. The number of nitrogens with zero attached hydrogens (tertiary/aromatic N) is 3. The summed E-state index contributed by atoms with van der Waals surface area (Å²) in [6.45, 7) is 3.87. The van der Waals surface area contributed by atoms with Crippen LogP contribution >= 0.6 is 0 Å². The molecule has 0 aliphatic carbocycles. The molecule has 0 spiro atoms. The lowest BCUT2D eigenvalue weighted by molar-refractivity contribution is 0.0285. The van der Waals surface area contributed by atoms with Gasteiger partial charge in [-0.3, -0.25) is 4.90 Å². The van der Waals surface area contributed by atoms with Gasteiger partial charge >= 0.3 is 0 Å². The Bertz CT molecular complexity index is 463. The van der Waals surface area contributed by atoms with Crippen molar-refractivity contribution in [3.8, 4) is 0 Å². The Balaban J connectivity index is 1.85. The van der Waals surface area contributed by atoms with Gasteiger partial charge < -0.3 is 14.7 Å². The summed E-state index contributed by atoms with van der Waals surface area (Å²) < 4.78 is 5.49. The fourth-order valence-corrected chi connectivity index (χ4v) is 3.43. The van der Waals surface area contributed by atoms with Crippen LogP contribution in [0.15, 0.2) is 18.3 Å². The van der Waals surface area contributed by atoms with E-state index < -0.39 is 0 Å². The molecule has 0 aromatic carbocycles. The first-order chi connectivity index (χ1) is 10.3. The summed E-state index contributed by atoms with van der Waals surface area (Å²) in [6, 6.07) is 4.89. The van der Waals surface area contributed by atoms with Crippen molar-refractivity contribution in [3.05, 3.63) is 23.9 Å². The van der Waals surface area contributed by atoms with Crippen LogP contribution in [0.2, 0.25) is 0 Å². The van der Waals surface area contributed by atoms with Gasteiger partial charge in [-0.15, -0.1) is 0 Å². The lowest BCUT2D eigenvalue weighted by Gasteiger charge is -2.39. The third kappa shape index (κ3) is 3.20. The molecule has 1 aromatic heterocycles. The Morgan fingerprint density at radius 2 is 2.14 bits per heavy atom. The van der Waals surface area contributed by atoms with Gasteiger partial charge in [0.1, 0.15) is 5.82 Å². The zero-order valence-electron chi connectivity index (χ0n) is 12.7. The van der Waals surface area contributed by atoms with E-state index in [0.29, 0.717) is 6.04 Å². The van der Waals surface area contributed by atoms with Crippen LogP contribution < -0.4 is 4.90 Å². The van der Waals surface area contributed by atoms with Crippen LogP contribution in [-0.2, 0) is 11.3 Å². The number of fused-ring (bicyclic) bond motifs is 1. The second kappa shape index (κ2) is 6.73. The van der Waals surface area contributed by atoms with Gasteiger partial charge in [-0.2, -0.15) is 0 Å². The first kappa shape index (κ1) is 14.8. The normalized spacial score (nSPS) is 25.2. The first-order valence-corrected chi connectivity index (χ1v) is 7.89. The molecule has 0 saturated carbocycles. The summed E-state index contributed by atoms with van der Waals surface area (Å²) in [5, 5.41) is 9.69. The minimum Gasteiger partial charge on any atom is -0.394 e. The Kier molecular flexibility index (Phi) is 4.73. The highest BCUT2D eigenvalue weighted by atomic mass is 16.5. The van der Waals surface area contributed by atoms with Gasteiger partial charge in [0.2, 0.25) is 0 Å².